The van der Waals surface area contributed by atoms with E-state index in [1.54, 1.807) is 18.2 Å². The normalized spacial score (nSPS) is 11.0. The largest absolute Gasteiger partial charge is 0.364 e. The molecule has 0 saturated heterocycles. The monoisotopic (exact) mass is 385 g/mol. The molecule has 0 atom stereocenters. The Kier molecular flexibility index (Phi) is 5.04. The van der Waals surface area contributed by atoms with Gasteiger partial charge in [-0.3, -0.25) is 9.78 Å². The molecule has 0 aliphatic rings. The Hall–Kier alpha value is -3.60. The number of aromatic nitrogens is 2. The van der Waals surface area contributed by atoms with Crippen LogP contribution in [0.1, 0.15) is 27.3 Å². The van der Waals surface area contributed by atoms with Gasteiger partial charge in [-0.1, -0.05) is 30.3 Å². The van der Waals surface area contributed by atoms with Crippen LogP contribution in [-0.2, 0) is 12.8 Å². The molecule has 1 amide bonds. The van der Waals surface area contributed by atoms with Crippen LogP contribution in [0.15, 0.2) is 66.9 Å². The molecule has 2 aromatic heterocycles. The molecule has 5 heteroatoms. The first-order chi connectivity index (χ1) is 14.0. The molecule has 4 rings (SSSR count). The Morgan fingerprint density at radius 1 is 0.966 bits per heavy atom. The van der Waals surface area contributed by atoms with Gasteiger partial charge in [0.25, 0.3) is 5.91 Å². The van der Waals surface area contributed by atoms with E-state index in [0.717, 1.165) is 40.6 Å². The van der Waals surface area contributed by atoms with Crippen molar-refractivity contribution in [2.24, 2.45) is 5.73 Å². The first kappa shape index (κ1) is 18.7. The summed E-state index contributed by atoms with van der Waals surface area (Å²) < 4.78 is 13.3. The fraction of sp³-hybridized carbons (Fsp3) is 0.125. The van der Waals surface area contributed by atoms with Crippen LogP contribution in [0, 0.1) is 12.7 Å². The van der Waals surface area contributed by atoms with Crippen molar-refractivity contribution in [2.75, 3.05) is 0 Å². The van der Waals surface area contributed by atoms with Crippen molar-refractivity contribution in [3.63, 3.8) is 0 Å². The predicted molar refractivity (Wildman–Crippen MR) is 112 cm³/mol. The van der Waals surface area contributed by atoms with Gasteiger partial charge in [-0.15, -0.1) is 0 Å². The van der Waals surface area contributed by atoms with Gasteiger partial charge in [0.2, 0.25) is 0 Å². The maximum atomic E-state index is 13.3. The highest BCUT2D eigenvalue weighted by Crippen LogP contribution is 2.30. The summed E-state index contributed by atoms with van der Waals surface area (Å²) >= 11 is 0. The van der Waals surface area contributed by atoms with Gasteiger partial charge in [0.15, 0.2) is 0 Å². The summed E-state index contributed by atoms with van der Waals surface area (Å²) in [6.07, 6.45) is 3.58. The Balaban J connectivity index is 1.72. The van der Waals surface area contributed by atoms with Crippen molar-refractivity contribution < 1.29 is 9.18 Å². The van der Waals surface area contributed by atoms with Crippen molar-refractivity contribution in [1.82, 2.24) is 9.97 Å². The van der Waals surface area contributed by atoms with Gasteiger partial charge in [0, 0.05) is 17.3 Å². The molecule has 0 spiro atoms. The van der Waals surface area contributed by atoms with Crippen LogP contribution in [0.4, 0.5) is 4.39 Å². The summed E-state index contributed by atoms with van der Waals surface area (Å²) in [6.45, 7) is 1.97. The summed E-state index contributed by atoms with van der Waals surface area (Å²) in [4.78, 5) is 20.6. The second kappa shape index (κ2) is 7.80. The van der Waals surface area contributed by atoms with E-state index in [1.807, 2.05) is 31.3 Å². The van der Waals surface area contributed by atoms with Gasteiger partial charge in [-0.05, 0) is 72.4 Å². The minimum absolute atomic E-state index is 0.191. The molecule has 29 heavy (non-hydrogen) atoms. The molecule has 0 radical (unpaired) electrons. The lowest BCUT2D eigenvalue weighted by atomic mass is 9.97. The predicted octanol–water partition coefficient (Wildman–Crippen LogP) is 4.63. The molecule has 4 nitrogen and oxygen atoms in total. The number of aryl methyl sites for hydroxylation is 3. The molecule has 0 fully saturated rings. The number of carbonyl (C=O) groups is 1. The summed E-state index contributed by atoms with van der Waals surface area (Å²) in [5.74, 6) is -0.901. The van der Waals surface area contributed by atoms with Crippen LogP contribution in [0.3, 0.4) is 0 Å². The van der Waals surface area contributed by atoms with E-state index in [0.29, 0.717) is 5.52 Å². The molecular weight excluding hydrogens is 365 g/mol. The third kappa shape index (κ3) is 4.14. The van der Waals surface area contributed by atoms with Crippen molar-refractivity contribution >= 4 is 16.8 Å². The number of hydrogen-bond acceptors (Lipinski definition) is 3. The first-order valence-electron chi connectivity index (χ1n) is 9.40. The van der Waals surface area contributed by atoms with E-state index in [9.17, 15) is 9.18 Å². The number of nitrogens with zero attached hydrogens (tertiary/aromatic N) is 2. The molecule has 0 unspecified atom stereocenters. The summed E-state index contributed by atoms with van der Waals surface area (Å²) in [5, 5.41) is 0.891. The van der Waals surface area contributed by atoms with Gasteiger partial charge < -0.3 is 5.73 Å². The van der Waals surface area contributed by atoms with Crippen molar-refractivity contribution in [3.05, 3.63) is 95.2 Å². The van der Waals surface area contributed by atoms with E-state index < -0.39 is 5.91 Å². The van der Waals surface area contributed by atoms with Crippen LogP contribution in [-0.4, -0.2) is 15.9 Å². The number of rotatable bonds is 5. The number of benzene rings is 2. The number of carbonyl (C=O) groups excluding carboxylic acids is 1. The lowest BCUT2D eigenvalue weighted by Gasteiger charge is -2.11. The Labute approximate surface area is 168 Å². The average molecular weight is 385 g/mol. The SMILES string of the molecule is Cc1ccc(CCc2ccc3c(-c4ccc(F)cc4)cc(C(N)=O)nc3c2)cn1. The summed E-state index contributed by atoms with van der Waals surface area (Å²) in [7, 11) is 0. The zero-order chi connectivity index (χ0) is 20.4. The minimum atomic E-state index is -0.591. The molecule has 2 heterocycles. The number of pyridine rings is 2. The van der Waals surface area contributed by atoms with Crippen molar-refractivity contribution in [1.29, 1.82) is 0 Å². The molecule has 2 aromatic carbocycles. The molecule has 0 aliphatic heterocycles. The zero-order valence-electron chi connectivity index (χ0n) is 16.0. The highest BCUT2D eigenvalue weighted by atomic mass is 19.1. The van der Waals surface area contributed by atoms with Crippen molar-refractivity contribution in [2.45, 2.75) is 19.8 Å². The van der Waals surface area contributed by atoms with Crippen LogP contribution < -0.4 is 5.73 Å². The molecule has 0 aliphatic carbocycles. The highest BCUT2D eigenvalue weighted by molar-refractivity contribution is 6.00. The van der Waals surface area contributed by atoms with Gasteiger partial charge in [-0.25, -0.2) is 9.37 Å². The number of amides is 1. The second-order valence-electron chi connectivity index (χ2n) is 7.09. The van der Waals surface area contributed by atoms with Gasteiger partial charge in [0.05, 0.1) is 5.52 Å². The van der Waals surface area contributed by atoms with Crippen LogP contribution in [0.2, 0.25) is 0 Å². The number of nitrogens with two attached hydrogens (primary N) is 1. The molecule has 2 N–H and O–H groups in total. The third-order valence-electron chi connectivity index (χ3n) is 4.96. The van der Waals surface area contributed by atoms with Gasteiger partial charge in [0.1, 0.15) is 11.5 Å². The topological polar surface area (TPSA) is 68.9 Å². The maximum Gasteiger partial charge on any atom is 0.267 e. The van der Waals surface area contributed by atoms with Crippen LogP contribution >= 0.6 is 0 Å². The maximum absolute atomic E-state index is 13.3. The quantitative estimate of drug-likeness (QED) is 0.545. The van der Waals surface area contributed by atoms with Crippen LogP contribution in [0.5, 0.6) is 0 Å². The van der Waals surface area contributed by atoms with Crippen molar-refractivity contribution in [3.8, 4) is 11.1 Å². The summed E-state index contributed by atoms with van der Waals surface area (Å²) in [5.41, 5.74) is 11.3. The van der Waals surface area contributed by atoms with Crippen LogP contribution in [0.25, 0.3) is 22.0 Å². The lowest BCUT2D eigenvalue weighted by molar-refractivity contribution is 0.0996. The fourth-order valence-corrected chi connectivity index (χ4v) is 3.36. The molecular formula is C24H20FN3O. The summed E-state index contributed by atoms with van der Waals surface area (Å²) in [6, 6.07) is 18.0. The van der Waals surface area contributed by atoms with E-state index in [-0.39, 0.29) is 11.5 Å². The van der Waals surface area contributed by atoms with Gasteiger partial charge in [-0.2, -0.15) is 0 Å². The highest BCUT2D eigenvalue weighted by Gasteiger charge is 2.12. The second-order valence-corrected chi connectivity index (χ2v) is 7.09. The Morgan fingerprint density at radius 3 is 2.38 bits per heavy atom. The smallest absolute Gasteiger partial charge is 0.267 e. The molecule has 144 valence electrons. The number of fused-ring (bicyclic) bond motifs is 1. The lowest BCUT2D eigenvalue weighted by Crippen LogP contribution is -2.13. The Morgan fingerprint density at radius 2 is 1.69 bits per heavy atom. The van der Waals surface area contributed by atoms with E-state index in [4.69, 9.17) is 5.73 Å². The Bertz CT molecular complexity index is 1190. The molecule has 0 bridgehead atoms. The number of hydrogen-bond donors (Lipinski definition) is 1. The zero-order valence-corrected chi connectivity index (χ0v) is 16.0. The van der Waals surface area contributed by atoms with Gasteiger partial charge >= 0.3 is 0 Å². The molecule has 0 saturated carbocycles. The number of halogens is 1. The van der Waals surface area contributed by atoms with E-state index in [1.165, 1.54) is 17.7 Å². The molecule has 4 aromatic rings. The standard InChI is InChI=1S/C24H20FN3O/c1-15-2-3-17(14-27-15)5-4-16-6-11-20-21(18-7-9-19(25)10-8-18)13-23(24(26)29)28-22(20)12-16/h2-3,6-14H,4-5H2,1H3,(H2,26,29). The third-order valence-corrected chi connectivity index (χ3v) is 4.96. The average Bonchev–Trinajstić information content (AvgIpc) is 2.73. The first-order valence-corrected chi connectivity index (χ1v) is 9.40. The number of primary amides is 1. The fourth-order valence-electron chi connectivity index (χ4n) is 3.36. The van der Waals surface area contributed by atoms with E-state index >= 15 is 0 Å². The minimum Gasteiger partial charge on any atom is -0.364 e. The van der Waals surface area contributed by atoms with E-state index in [2.05, 4.69) is 22.1 Å².